The number of carbonyl (C=O) groups is 1. The monoisotopic (exact) mass is 171 g/mol. The van der Waals surface area contributed by atoms with E-state index in [1.807, 2.05) is 0 Å². The molecule has 0 aromatic heterocycles. The van der Waals surface area contributed by atoms with E-state index < -0.39 is 5.97 Å². The van der Waals surface area contributed by atoms with Crippen LogP contribution in [0.25, 0.3) is 0 Å². The smallest absolute Gasteiger partial charge is 0.307 e. The molecule has 2 atom stereocenters. The van der Waals surface area contributed by atoms with E-state index in [0.29, 0.717) is 5.92 Å². The maximum Gasteiger partial charge on any atom is 0.307 e. The fraction of sp³-hybridized carbons (Fsp3) is 0.889. The van der Waals surface area contributed by atoms with Gasteiger partial charge in [-0.1, -0.05) is 6.92 Å². The number of carboxylic acid groups (broad SMARTS) is 1. The SMILES string of the molecule is CC(CC(CN)C(=O)O)C1CC1. The Morgan fingerprint density at radius 2 is 2.25 bits per heavy atom. The number of nitrogens with two attached hydrogens (primary N) is 1. The van der Waals surface area contributed by atoms with Gasteiger partial charge >= 0.3 is 5.97 Å². The van der Waals surface area contributed by atoms with Gasteiger partial charge < -0.3 is 10.8 Å². The standard InChI is InChI=1S/C9H17NO2/c1-6(7-2-3-7)4-8(5-10)9(11)12/h6-8H,2-5,10H2,1H3,(H,11,12). The van der Waals surface area contributed by atoms with Gasteiger partial charge in [0.25, 0.3) is 0 Å². The number of hydrogen-bond donors (Lipinski definition) is 2. The molecule has 0 bridgehead atoms. The predicted octanol–water partition coefficient (Wildman–Crippen LogP) is 1.08. The molecule has 3 nitrogen and oxygen atoms in total. The van der Waals surface area contributed by atoms with Crippen molar-refractivity contribution in [3.8, 4) is 0 Å². The highest BCUT2D eigenvalue weighted by atomic mass is 16.4. The molecule has 1 aliphatic rings. The highest BCUT2D eigenvalue weighted by molar-refractivity contribution is 5.70. The predicted molar refractivity (Wildman–Crippen MR) is 46.7 cm³/mol. The molecule has 0 aromatic rings. The Bertz CT molecular complexity index is 166. The number of hydrogen-bond acceptors (Lipinski definition) is 2. The summed E-state index contributed by atoms with van der Waals surface area (Å²) >= 11 is 0. The van der Waals surface area contributed by atoms with Crippen molar-refractivity contribution in [2.24, 2.45) is 23.5 Å². The van der Waals surface area contributed by atoms with Crippen LogP contribution in [0.15, 0.2) is 0 Å². The lowest BCUT2D eigenvalue weighted by Gasteiger charge is -2.14. The fourth-order valence-corrected chi connectivity index (χ4v) is 1.60. The molecule has 12 heavy (non-hydrogen) atoms. The Morgan fingerprint density at radius 1 is 1.67 bits per heavy atom. The van der Waals surface area contributed by atoms with Crippen molar-refractivity contribution in [3.63, 3.8) is 0 Å². The molecule has 1 fully saturated rings. The van der Waals surface area contributed by atoms with Crippen LogP contribution < -0.4 is 5.73 Å². The first kappa shape index (κ1) is 9.52. The average Bonchev–Trinajstić information content (AvgIpc) is 2.80. The second-order valence-corrected chi connectivity index (χ2v) is 3.82. The Hall–Kier alpha value is -0.570. The molecule has 3 N–H and O–H groups in total. The molecular weight excluding hydrogens is 154 g/mol. The van der Waals surface area contributed by atoms with E-state index in [-0.39, 0.29) is 12.5 Å². The summed E-state index contributed by atoms with van der Waals surface area (Å²) in [5.74, 6) is 0.235. The van der Waals surface area contributed by atoms with E-state index in [1.165, 1.54) is 12.8 Å². The Labute approximate surface area is 72.9 Å². The zero-order chi connectivity index (χ0) is 9.14. The largest absolute Gasteiger partial charge is 0.481 e. The molecule has 0 saturated heterocycles. The first-order valence-corrected chi connectivity index (χ1v) is 4.58. The molecule has 0 amide bonds. The van der Waals surface area contributed by atoms with Crippen LogP contribution in [0, 0.1) is 17.8 Å². The van der Waals surface area contributed by atoms with Gasteiger partial charge in [-0.3, -0.25) is 4.79 Å². The molecule has 0 aliphatic heterocycles. The van der Waals surface area contributed by atoms with E-state index in [0.717, 1.165) is 12.3 Å². The average molecular weight is 171 g/mol. The lowest BCUT2D eigenvalue weighted by Crippen LogP contribution is -2.25. The van der Waals surface area contributed by atoms with Crippen LogP contribution in [0.3, 0.4) is 0 Å². The highest BCUT2D eigenvalue weighted by Gasteiger charge is 2.30. The van der Waals surface area contributed by atoms with Crippen LogP contribution in [0.4, 0.5) is 0 Å². The second kappa shape index (κ2) is 3.90. The molecule has 0 spiro atoms. The van der Waals surface area contributed by atoms with Crippen LogP contribution in [0.1, 0.15) is 26.2 Å². The minimum absolute atomic E-state index is 0.270. The van der Waals surface area contributed by atoms with Gasteiger partial charge in [-0.25, -0.2) is 0 Å². The van der Waals surface area contributed by atoms with Crippen molar-refractivity contribution in [2.45, 2.75) is 26.2 Å². The molecular formula is C9H17NO2. The van der Waals surface area contributed by atoms with Gasteiger partial charge in [-0.15, -0.1) is 0 Å². The molecule has 2 unspecified atom stereocenters. The third-order valence-electron chi connectivity index (χ3n) is 2.72. The van der Waals surface area contributed by atoms with Crippen LogP contribution in [-0.4, -0.2) is 17.6 Å². The van der Waals surface area contributed by atoms with Gasteiger partial charge in [0.05, 0.1) is 5.92 Å². The molecule has 0 radical (unpaired) electrons. The molecule has 1 saturated carbocycles. The molecule has 70 valence electrons. The zero-order valence-electron chi connectivity index (χ0n) is 7.49. The van der Waals surface area contributed by atoms with Crippen molar-refractivity contribution < 1.29 is 9.90 Å². The number of aliphatic carboxylic acids is 1. The van der Waals surface area contributed by atoms with Crippen molar-refractivity contribution in [2.75, 3.05) is 6.54 Å². The van der Waals surface area contributed by atoms with Crippen molar-refractivity contribution >= 4 is 5.97 Å². The molecule has 3 heteroatoms. The first-order chi connectivity index (χ1) is 5.65. The highest BCUT2D eigenvalue weighted by Crippen LogP contribution is 2.39. The van der Waals surface area contributed by atoms with Gasteiger partial charge in [0.1, 0.15) is 0 Å². The van der Waals surface area contributed by atoms with Gasteiger partial charge in [0, 0.05) is 6.54 Å². The van der Waals surface area contributed by atoms with Crippen molar-refractivity contribution in [1.29, 1.82) is 0 Å². The van der Waals surface area contributed by atoms with Crippen molar-refractivity contribution in [1.82, 2.24) is 0 Å². The quantitative estimate of drug-likeness (QED) is 0.650. The van der Waals surface area contributed by atoms with Crippen LogP contribution in [-0.2, 0) is 4.79 Å². The maximum absolute atomic E-state index is 10.6. The van der Waals surface area contributed by atoms with Crippen LogP contribution in [0.5, 0.6) is 0 Å². The third-order valence-corrected chi connectivity index (χ3v) is 2.72. The van der Waals surface area contributed by atoms with Crippen LogP contribution >= 0.6 is 0 Å². The Balaban J connectivity index is 2.30. The molecule has 1 rings (SSSR count). The third kappa shape index (κ3) is 2.48. The molecule has 1 aliphatic carbocycles. The number of carboxylic acids is 1. The summed E-state index contributed by atoms with van der Waals surface area (Å²) < 4.78 is 0. The first-order valence-electron chi connectivity index (χ1n) is 4.58. The minimum atomic E-state index is -0.745. The Kier molecular flexibility index (Phi) is 3.09. The van der Waals surface area contributed by atoms with Crippen LogP contribution in [0.2, 0.25) is 0 Å². The number of rotatable bonds is 5. The molecule has 0 heterocycles. The maximum atomic E-state index is 10.6. The normalized spacial score (nSPS) is 21.8. The fourth-order valence-electron chi connectivity index (χ4n) is 1.60. The van der Waals surface area contributed by atoms with Gasteiger partial charge in [-0.2, -0.15) is 0 Å². The van der Waals surface area contributed by atoms with E-state index in [9.17, 15) is 4.79 Å². The summed E-state index contributed by atoms with van der Waals surface area (Å²) in [6, 6.07) is 0. The minimum Gasteiger partial charge on any atom is -0.481 e. The topological polar surface area (TPSA) is 63.3 Å². The molecule has 0 aromatic carbocycles. The summed E-state index contributed by atoms with van der Waals surface area (Å²) in [6.07, 6.45) is 3.30. The summed E-state index contributed by atoms with van der Waals surface area (Å²) in [4.78, 5) is 10.6. The lowest BCUT2D eigenvalue weighted by molar-refractivity contribution is -0.142. The van der Waals surface area contributed by atoms with E-state index in [1.54, 1.807) is 0 Å². The second-order valence-electron chi connectivity index (χ2n) is 3.82. The van der Waals surface area contributed by atoms with E-state index in [2.05, 4.69) is 6.92 Å². The van der Waals surface area contributed by atoms with Gasteiger partial charge in [-0.05, 0) is 31.1 Å². The van der Waals surface area contributed by atoms with Gasteiger partial charge in [0.2, 0.25) is 0 Å². The van der Waals surface area contributed by atoms with E-state index >= 15 is 0 Å². The summed E-state index contributed by atoms with van der Waals surface area (Å²) in [5.41, 5.74) is 5.36. The zero-order valence-corrected chi connectivity index (χ0v) is 7.49. The summed E-state index contributed by atoms with van der Waals surface area (Å²) in [7, 11) is 0. The lowest BCUT2D eigenvalue weighted by atomic mass is 9.92. The van der Waals surface area contributed by atoms with Gasteiger partial charge in [0.15, 0.2) is 0 Å². The Morgan fingerprint density at radius 3 is 2.58 bits per heavy atom. The summed E-state index contributed by atoms with van der Waals surface area (Å²) in [6.45, 7) is 2.40. The van der Waals surface area contributed by atoms with E-state index in [4.69, 9.17) is 10.8 Å². The summed E-state index contributed by atoms with van der Waals surface area (Å²) in [5, 5.41) is 8.74. The van der Waals surface area contributed by atoms with Crippen molar-refractivity contribution in [3.05, 3.63) is 0 Å².